The van der Waals surface area contributed by atoms with Gasteiger partial charge in [-0.05, 0) is 0 Å². The Morgan fingerprint density at radius 3 is 2.64 bits per heavy atom. The van der Waals surface area contributed by atoms with Crippen LogP contribution >= 0.6 is 0 Å². The maximum absolute atomic E-state index is 14.1. The molecule has 0 radical (unpaired) electrons. The van der Waals surface area contributed by atoms with Gasteiger partial charge < -0.3 is 10.2 Å². The molecule has 6 nitrogen and oxygen atoms in total. The lowest BCUT2D eigenvalue weighted by atomic mass is 10.2. The second-order valence-electron chi connectivity index (χ2n) is 5.05. The highest BCUT2D eigenvalue weighted by molar-refractivity contribution is 5.83. The number of aromatic nitrogens is 4. The standard InChI is InChI=1S/C13H11F3N6/c14-7-5-8-11(10(16)9(7)15)19-12(13-20-18-6-22(8)13)21-3-1-17-2-4-21/h5-6,17H,1-4H2. The molecule has 0 saturated carbocycles. The fourth-order valence-corrected chi connectivity index (χ4v) is 2.67. The molecule has 0 amide bonds. The van der Waals surface area contributed by atoms with Crippen LogP contribution in [0, 0.1) is 17.5 Å². The van der Waals surface area contributed by atoms with E-state index in [0.29, 0.717) is 24.6 Å². The molecular weight excluding hydrogens is 297 g/mol. The highest BCUT2D eigenvalue weighted by atomic mass is 19.2. The van der Waals surface area contributed by atoms with E-state index in [0.717, 1.165) is 19.2 Å². The zero-order valence-electron chi connectivity index (χ0n) is 11.4. The number of piperazine rings is 1. The van der Waals surface area contributed by atoms with Crippen LogP contribution < -0.4 is 10.2 Å². The monoisotopic (exact) mass is 308 g/mol. The number of halogens is 3. The first-order valence-electron chi connectivity index (χ1n) is 6.79. The Balaban J connectivity index is 2.05. The summed E-state index contributed by atoms with van der Waals surface area (Å²) in [6.07, 6.45) is 1.34. The first-order valence-corrected chi connectivity index (χ1v) is 6.79. The third kappa shape index (κ3) is 1.82. The number of fused-ring (bicyclic) bond motifs is 3. The predicted molar refractivity (Wildman–Crippen MR) is 73.2 cm³/mol. The summed E-state index contributed by atoms with van der Waals surface area (Å²) < 4.78 is 42.5. The highest BCUT2D eigenvalue weighted by Gasteiger charge is 2.22. The molecule has 0 bridgehead atoms. The molecule has 1 aromatic carbocycles. The van der Waals surface area contributed by atoms with Gasteiger partial charge in [0, 0.05) is 32.2 Å². The molecular formula is C13H11F3N6. The summed E-state index contributed by atoms with van der Waals surface area (Å²) in [6, 6.07) is 0.901. The topological polar surface area (TPSA) is 58.4 Å². The van der Waals surface area contributed by atoms with Gasteiger partial charge >= 0.3 is 0 Å². The Hall–Kier alpha value is -2.42. The van der Waals surface area contributed by atoms with Crippen molar-refractivity contribution in [2.24, 2.45) is 0 Å². The molecule has 3 aromatic rings. The van der Waals surface area contributed by atoms with Crippen molar-refractivity contribution >= 4 is 22.5 Å². The second-order valence-corrected chi connectivity index (χ2v) is 5.05. The van der Waals surface area contributed by atoms with Crippen LogP contribution in [0.4, 0.5) is 19.0 Å². The molecule has 0 aliphatic carbocycles. The Kier molecular flexibility index (Phi) is 2.89. The lowest BCUT2D eigenvalue weighted by Crippen LogP contribution is -2.44. The van der Waals surface area contributed by atoms with Crippen molar-refractivity contribution in [3.8, 4) is 0 Å². The van der Waals surface area contributed by atoms with Crippen LogP contribution in [0.3, 0.4) is 0 Å². The second kappa shape index (κ2) is 4.80. The molecule has 114 valence electrons. The molecule has 22 heavy (non-hydrogen) atoms. The van der Waals surface area contributed by atoms with Gasteiger partial charge in [-0.25, -0.2) is 18.2 Å². The molecule has 1 N–H and O–H groups in total. The molecule has 1 aliphatic heterocycles. The Labute approximate surface area is 122 Å². The van der Waals surface area contributed by atoms with Crippen LogP contribution in [0.1, 0.15) is 0 Å². The Morgan fingerprint density at radius 1 is 1.09 bits per heavy atom. The summed E-state index contributed by atoms with van der Waals surface area (Å²) in [7, 11) is 0. The molecule has 3 heterocycles. The highest BCUT2D eigenvalue weighted by Crippen LogP contribution is 2.27. The van der Waals surface area contributed by atoms with E-state index in [4.69, 9.17) is 0 Å². The van der Waals surface area contributed by atoms with Gasteiger partial charge in [0.1, 0.15) is 11.8 Å². The van der Waals surface area contributed by atoms with E-state index in [-0.39, 0.29) is 11.0 Å². The van der Waals surface area contributed by atoms with Gasteiger partial charge in [-0.15, -0.1) is 10.2 Å². The van der Waals surface area contributed by atoms with E-state index in [1.54, 1.807) is 0 Å². The van der Waals surface area contributed by atoms with E-state index in [9.17, 15) is 13.2 Å². The smallest absolute Gasteiger partial charge is 0.204 e. The summed E-state index contributed by atoms with van der Waals surface area (Å²) in [5.74, 6) is -3.69. The quantitative estimate of drug-likeness (QED) is 0.682. The van der Waals surface area contributed by atoms with Crippen molar-refractivity contribution in [3.05, 3.63) is 29.8 Å². The number of hydrogen-bond acceptors (Lipinski definition) is 5. The third-order valence-electron chi connectivity index (χ3n) is 3.76. The Bertz CT molecular complexity index is 871. The SMILES string of the molecule is Fc1cc2c(nc(N3CCNCC3)c3nncn32)c(F)c1F. The predicted octanol–water partition coefficient (Wildman–Crippen LogP) is 1.10. The van der Waals surface area contributed by atoms with Gasteiger partial charge in [0.05, 0.1) is 5.52 Å². The van der Waals surface area contributed by atoms with Crippen LogP contribution in [0.25, 0.3) is 16.7 Å². The average molecular weight is 308 g/mol. The molecule has 4 rings (SSSR count). The number of anilines is 1. The van der Waals surface area contributed by atoms with E-state index in [1.807, 2.05) is 4.90 Å². The Morgan fingerprint density at radius 2 is 1.86 bits per heavy atom. The maximum Gasteiger partial charge on any atom is 0.204 e. The first-order chi connectivity index (χ1) is 10.7. The van der Waals surface area contributed by atoms with Crippen LogP contribution in [0.2, 0.25) is 0 Å². The molecule has 1 aliphatic rings. The van der Waals surface area contributed by atoms with Crippen LogP contribution in [-0.4, -0.2) is 45.8 Å². The molecule has 2 aromatic heterocycles. The minimum absolute atomic E-state index is 0.0929. The van der Waals surface area contributed by atoms with Gasteiger partial charge in [0.15, 0.2) is 23.3 Å². The van der Waals surface area contributed by atoms with E-state index in [2.05, 4.69) is 20.5 Å². The van der Waals surface area contributed by atoms with Gasteiger partial charge in [0.2, 0.25) is 5.65 Å². The number of benzene rings is 1. The van der Waals surface area contributed by atoms with Crippen LogP contribution in [0.5, 0.6) is 0 Å². The number of hydrogen-bond donors (Lipinski definition) is 1. The summed E-state index contributed by atoms with van der Waals surface area (Å²) in [4.78, 5) is 6.11. The molecule has 1 fully saturated rings. The van der Waals surface area contributed by atoms with Gasteiger partial charge in [-0.2, -0.15) is 0 Å². The fourth-order valence-electron chi connectivity index (χ4n) is 2.67. The normalized spacial score (nSPS) is 15.9. The minimum atomic E-state index is -1.53. The van der Waals surface area contributed by atoms with Crippen molar-refractivity contribution in [2.45, 2.75) is 0 Å². The van der Waals surface area contributed by atoms with Gasteiger partial charge in [-0.1, -0.05) is 0 Å². The number of rotatable bonds is 1. The zero-order valence-corrected chi connectivity index (χ0v) is 11.4. The number of nitrogens with zero attached hydrogens (tertiary/aromatic N) is 5. The lowest BCUT2D eigenvalue weighted by Gasteiger charge is -2.28. The molecule has 0 atom stereocenters. The van der Waals surface area contributed by atoms with Gasteiger partial charge in [0.25, 0.3) is 0 Å². The summed E-state index contributed by atoms with van der Waals surface area (Å²) in [5, 5.41) is 11.0. The summed E-state index contributed by atoms with van der Waals surface area (Å²) in [5.41, 5.74) is 0.245. The van der Waals surface area contributed by atoms with E-state index in [1.165, 1.54) is 10.7 Å². The molecule has 0 spiro atoms. The van der Waals surface area contributed by atoms with Crippen molar-refractivity contribution in [1.82, 2.24) is 24.9 Å². The summed E-state index contributed by atoms with van der Waals surface area (Å²) in [6.45, 7) is 2.82. The molecule has 9 heteroatoms. The maximum atomic E-state index is 14.1. The minimum Gasteiger partial charge on any atom is -0.351 e. The summed E-state index contributed by atoms with van der Waals surface area (Å²) >= 11 is 0. The van der Waals surface area contributed by atoms with Crippen molar-refractivity contribution in [2.75, 3.05) is 31.1 Å². The van der Waals surface area contributed by atoms with E-state index >= 15 is 0 Å². The number of nitrogens with one attached hydrogen (secondary N) is 1. The van der Waals surface area contributed by atoms with Crippen molar-refractivity contribution < 1.29 is 13.2 Å². The fraction of sp³-hybridized carbons (Fsp3) is 0.308. The largest absolute Gasteiger partial charge is 0.351 e. The molecule has 0 unspecified atom stereocenters. The lowest BCUT2D eigenvalue weighted by molar-refractivity contribution is 0.452. The van der Waals surface area contributed by atoms with Crippen LogP contribution in [0.15, 0.2) is 12.4 Å². The van der Waals surface area contributed by atoms with E-state index < -0.39 is 17.5 Å². The molecule has 1 saturated heterocycles. The first kappa shape index (κ1) is 13.3. The third-order valence-corrected chi connectivity index (χ3v) is 3.76. The average Bonchev–Trinajstić information content (AvgIpc) is 3.03. The van der Waals surface area contributed by atoms with Crippen molar-refractivity contribution in [1.29, 1.82) is 0 Å². The zero-order chi connectivity index (χ0) is 15.3. The van der Waals surface area contributed by atoms with Crippen molar-refractivity contribution in [3.63, 3.8) is 0 Å². The van der Waals surface area contributed by atoms with Gasteiger partial charge in [-0.3, -0.25) is 4.40 Å². The van der Waals surface area contributed by atoms with Crippen LogP contribution in [-0.2, 0) is 0 Å².